The van der Waals surface area contributed by atoms with Gasteiger partial charge < -0.3 is 15.0 Å². The van der Waals surface area contributed by atoms with Crippen molar-refractivity contribution in [1.82, 2.24) is 10.3 Å². The molecule has 0 aliphatic rings. The maximum Gasteiger partial charge on any atom is 0.329 e. The van der Waals surface area contributed by atoms with Crippen LogP contribution in [0.2, 0.25) is 5.02 Å². The summed E-state index contributed by atoms with van der Waals surface area (Å²) in [5.41, 5.74) is 3.36. The van der Waals surface area contributed by atoms with Crippen LogP contribution in [0.3, 0.4) is 0 Å². The lowest BCUT2D eigenvalue weighted by Gasteiger charge is -2.18. The van der Waals surface area contributed by atoms with Crippen LogP contribution >= 0.6 is 11.6 Å². The number of rotatable bonds is 7. The van der Waals surface area contributed by atoms with E-state index in [2.05, 4.69) is 10.3 Å². The largest absolute Gasteiger partial charge is 0.459 e. The number of H-pyrrole nitrogens is 1. The summed E-state index contributed by atoms with van der Waals surface area (Å²) in [6.45, 7) is 0.0247. The summed E-state index contributed by atoms with van der Waals surface area (Å²) in [5, 5.41) is 13.0. The number of nitrogens with one attached hydrogen (secondary N) is 2. The second kappa shape index (κ2) is 10.0. The predicted molar refractivity (Wildman–Crippen MR) is 126 cm³/mol. The number of nitriles is 1. The highest BCUT2D eigenvalue weighted by Gasteiger charge is 2.25. The van der Waals surface area contributed by atoms with Gasteiger partial charge in [-0.15, -0.1) is 0 Å². The number of carbonyl (C=O) groups excluding carboxylic acids is 2. The number of hydrogen-bond donors (Lipinski definition) is 2. The Labute approximate surface area is 195 Å². The average molecular weight is 458 g/mol. The van der Waals surface area contributed by atoms with Crippen LogP contribution in [-0.2, 0) is 22.6 Å². The molecule has 7 heteroatoms. The van der Waals surface area contributed by atoms with Crippen LogP contribution in [0.4, 0.5) is 0 Å². The summed E-state index contributed by atoms with van der Waals surface area (Å²) >= 11 is 6.16. The van der Waals surface area contributed by atoms with E-state index in [9.17, 15) is 9.59 Å². The van der Waals surface area contributed by atoms with Crippen molar-refractivity contribution in [3.8, 4) is 6.07 Å². The number of aromatic nitrogens is 1. The Balaban J connectivity index is 1.54. The molecule has 0 spiro atoms. The highest BCUT2D eigenvalue weighted by atomic mass is 35.5. The molecule has 0 aliphatic carbocycles. The zero-order chi connectivity index (χ0) is 23.2. The van der Waals surface area contributed by atoms with E-state index in [4.69, 9.17) is 21.6 Å². The first-order valence-electron chi connectivity index (χ1n) is 10.3. The SMILES string of the molecule is N#Cc1ccc(COC(=O)[C@@H](Cc2c[nH]c3ccccc23)NC(=O)c2ccccc2Cl)cc1. The van der Waals surface area contributed by atoms with Crippen molar-refractivity contribution in [2.24, 2.45) is 0 Å². The molecule has 4 rings (SSSR count). The molecule has 33 heavy (non-hydrogen) atoms. The number of benzene rings is 3. The number of nitrogens with zero attached hydrogens (tertiary/aromatic N) is 1. The van der Waals surface area contributed by atoms with E-state index in [0.717, 1.165) is 22.0 Å². The summed E-state index contributed by atoms with van der Waals surface area (Å²) in [4.78, 5) is 29.1. The molecule has 0 saturated heterocycles. The fourth-order valence-corrected chi connectivity index (χ4v) is 3.75. The first-order valence-corrected chi connectivity index (χ1v) is 10.7. The van der Waals surface area contributed by atoms with Gasteiger partial charge in [0.2, 0.25) is 0 Å². The molecule has 3 aromatic carbocycles. The quantitative estimate of drug-likeness (QED) is 0.390. The molecule has 1 aromatic heterocycles. The number of carbonyl (C=O) groups is 2. The second-order valence-corrected chi connectivity index (χ2v) is 7.89. The summed E-state index contributed by atoms with van der Waals surface area (Å²) in [7, 11) is 0. The van der Waals surface area contributed by atoms with Crippen LogP contribution in [0.15, 0.2) is 79.0 Å². The molecule has 0 aliphatic heterocycles. The number of aromatic amines is 1. The van der Waals surface area contributed by atoms with Gasteiger partial charge in [-0.05, 0) is 41.5 Å². The predicted octanol–water partition coefficient (Wildman–Crippen LogP) is 4.78. The van der Waals surface area contributed by atoms with Crippen molar-refractivity contribution < 1.29 is 14.3 Å². The number of fused-ring (bicyclic) bond motifs is 1. The number of ether oxygens (including phenoxy) is 1. The molecule has 1 amide bonds. The van der Waals surface area contributed by atoms with Crippen molar-refractivity contribution in [3.63, 3.8) is 0 Å². The zero-order valence-corrected chi connectivity index (χ0v) is 18.3. The third-order valence-corrected chi connectivity index (χ3v) is 5.60. The summed E-state index contributed by atoms with van der Waals surface area (Å²) in [6, 6.07) is 22.3. The van der Waals surface area contributed by atoms with Gasteiger partial charge in [0.05, 0.1) is 22.2 Å². The normalized spacial score (nSPS) is 11.5. The van der Waals surface area contributed by atoms with Crippen molar-refractivity contribution >= 4 is 34.4 Å². The monoisotopic (exact) mass is 457 g/mol. The molecule has 0 unspecified atom stereocenters. The van der Waals surface area contributed by atoms with Gasteiger partial charge in [-0.25, -0.2) is 4.79 Å². The number of amides is 1. The van der Waals surface area contributed by atoms with Gasteiger partial charge in [-0.3, -0.25) is 4.79 Å². The fraction of sp³-hybridized carbons (Fsp3) is 0.115. The van der Waals surface area contributed by atoms with E-state index in [1.165, 1.54) is 0 Å². The fourth-order valence-electron chi connectivity index (χ4n) is 3.53. The Morgan fingerprint density at radius 1 is 1.03 bits per heavy atom. The van der Waals surface area contributed by atoms with Crippen molar-refractivity contribution in [2.75, 3.05) is 0 Å². The number of esters is 1. The highest BCUT2D eigenvalue weighted by Crippen LogP contribution is 2.21. The first kappa shape index (κ1) is 22.1. The van der Waals surface area contributed by atoms with Crippen molar-refractivity contribution in [3.05, 3.63) is 106 Å². The van der Waals surface area contributed by atoms with Crippen molar-refractivity contribution in [2.45, 2.75) is 19.1 Å². The smallest absolute Gasteiger partial charge is 0.329 e. The standard InChI is InChI=1S/C26H20ClN3O3/c27-22-7-3-1-6-21(22)25(31)30-24(13-19-15-29-23-8-4-2-5-20(19)23)26(32)33-16-18-11-9-17(14-28)10-12-18/h1-12,15,24,29H,13,16H2,(H,30,31)/t24-/m1/s1. The van der Waals surface area contributed by atoms with Gasteiger partial charge in [0.1, 0.15) is 12.6 Å². The van der Waals surface area contributed by atoms with Gasteiger partial charge in [0.15, 0.2) is 0 Å². The van der Waals surface area contributed by atoms with Crippen LogP contribution in [0.5, 0.6) is 0 Å². The second-order valence-electron chi connectivity index (χ2n) is 7.49. The molecule has 0 radical (unpaired) electrons. The van der Waals surface area contributed by atoms with Gasteiger partial charge in [-0.1, -0.05) is 54.1 Å². The molecular weight excluding hydrogens is 438 g/mol. The van der Waals surface area contributed by atoms with Gasteiger partial charge in [0, 0.05) is 23.5 Å². The van der Waals surface area contributed by atoms with Gasteiger partial charge in [0.25, 0.3) is 5.91 Å². The van der Waals surface area contributed by atoms with Crippen LogP contribution < -0.4 is 5.32 Å². The topological polar surface area (TPSA) is 95.0 Å². The molecule has 1 heterocycles. The van der Waals surface area contributed by atoms with E-state index >= 15 is 0 Å². The van der Waals surface area contributed by atoms with Gasteiger partial charge >= 0.3 is 5.97 Å². The molecule has 164 valence electrons. The summed E-state index contributed by atoms with van der Waals surface area (Å²) in [5.74, 6) is -1.02. The first-order chi connectivity index (χ1) is 16.0. The van der Waals surface area contributed by atoms with Crippen LogP contribution in [0, 0.1) is 11.3 Å². The van der Waals surface area contributed by atoms with E-state index in [-0.39, 0.29) is 18.6 Å². The maximum atomic E-state index is 13.0. The third-order valence-electron chi connectivity index (χ3n) is 5.27. The lowest BCUT2D eigenvalue weighted by Crippen LogP contribution is -2.43. The van der Waals surface area contributed by atoms with Crippen LogP contribution in [0.1, 0.15) is 27.0 Å². The Morgan fingerprint density at radius 2 is 1.76 bits per heavy atom. The zero-order valence-electron chi connectivity index (χ0n) is 17.5. The Morgan fingerprint density at radius 3 is 2.52 bits per heavy atom. The Bertz CT molecular complexity index is 1340. The molecule has 0 saturated carbocycles. The molecule has 2 N–H and O–H groups in total. The molecule has 0 bridgehead atoms. The molecule has 0 fully saturated rings. The lowest BCUT2D eigenvalue weighted by molar-refractivity contribution is -0.147. The van der Waals surface area contributed by atoms with Crippen LogP contribution in [0.25, 0.3) is 10.9 Å². The average Bonchev–Trinajstić information content (AvgIpc) is 3.25. The van der Waals surface area contributed by atoms with E-state index < -0.39 is 17.9 Å². The molecular formula is C26H20ClN3O3. The highest BCUT2D eigenvalue weighted by molar-refractivity contribution is 6.33. The molecule has 6 nitrogen and oxygen atoms in total. The summed E-state index contributed by atoms with van der Waals surface area (Å²) < 4.78 is 5.51. The molecule has 4 aromatic rings. The Hall–Kier alpha value is -4.08. The minimum absolute atomic E-state index is 0.0247. The Kier molecular flexibility index (Phi) is 6.72. The number of halogens is 1. The van der Waals surface area contributed by atoms with Gasteiger partial charge in [-0.2, -0.15) is 5.26 Å². The van der Waals surface area contributed by atoms with Crippen LogP contribution in [-0.4, -0.2) is 22.9 Å². The van der Waals surface area contributed by atoms with E-state index in [1.54, 1.807) is 48.5 Å². The minimum atomic E-state index is -0.925. The lowest BCUT2D eigenvalue weighted by atomic mass is 10.0. The minimum Gasteiger partial charge on any atom is -0.459 e. The maximum absolute atomic E-state index is 13.0. The summed E-state index contributed by atoms with van der Waals surface area (Å²) in [6.07, 6.45) is 2.07. The van der Waals surface area contributed by atoms with E-state index in [1.807, 2.05) is 36.5 Å². The van der Waals surface area contributed by atoms with E-state index in [0.29, 0.717) is 10.6 Å². The molecule has 1 atom stereocenters. The third kappa shape index (κ3) is 5.22. The number of para-hydroxylation sites is 1. The van der Waals surface area contributed by atoms with Crippen molar-refractivity contribution in [1.29, 1.82) is 5.26 Å². The number of hydrogen-bond acceptors (Lipinski definition) is 4.